The number of thiophene rings is 1. The van der Waals surface area contributed by atoms with E-state index in [0.29, 0.717) is 39.2 Å². The molecule has 35 heavy (non-hydrogen) atoms. The van der Waals surface area contributed by atoms with E-state index in [1.165, 1.54) is 11.3 Å². The molecule has 2 aromatic heterocycles. The number of carbonyl (C=O) groups is 2. The summed E-state index contributed by atoms with van der Waals surface area (Å²) in [7, 11) is 3.12. The summed E-state index contributed by atoms with van der Waals surface area (Å²) in [6, 6.07) is 8.55. The van der Waals surface area contributed by atoms with Crippen LogP contribution < -0.4 is 20.1 Å². The average molecular weight is 494 g/mol. The Kier molecular flexibility index (Phi) is 7.12. The number of anilines is 2. The Morgan fingerprint density at radius 1 is 1.03 bits per heavy atom. The molecule has 0 bridgehead atoms. The number of amides is 2. The molecule has 1 aliphatic rings. The van der Waals surface area contributed by atoms with E-state index in [-0.39, 0.29) is 17.2 Å². The van der Waals surface area contributed by atoms with Crippen LogP contribution in [0.25, 0.3) is 0 Å². The van der Waals surface area contributed by atoms with Gasteiger partial charge in [-0.05, 0) is 60.4 Å². The highest BCUT2D eigenvalue weighted by Gasteiger charge is 2.34. The fourth-order valence-electron chi connectivity index (χ4n) is 4.43. The van der Waals surface area contributed by atoms with Crippen LogP contribution in [0.2, 0.25) is 0 Å². The van der Waals surface area contributed by atoms with E-state index in [4.69, 9.17) is 9.47 Å². The lowest BCUT2D eigenvalue weighted by Crippen LogP contribution is -2.27. The molecule has 1 atom stereocenters. The van der Waals surface area contributed by atoms with Crippen molar-refractivity contribution in [1.29, 1.82) is 0 Å². The van der Waals surface area contributed by atoms with Crippen LogP contribution in [-0.2, 0) is 12.8 Å². The van der Waals surface area contributed by atoms with Crippen LogP contribution in [0.3, 0.4) is 0 Å². The van der Waals surface area contributed by atoms with Crippen LogP contribution in [0.1, 0.15) is 58.3 Å². The summed E-state index contributed by atoms with van der Waals surface area (Å²) in [5.41, 5.74) is 2.69. The van der Waals surface area contributed by atoms with Gasteiger partial charge in [0.1, 0.15) is 16.5 Å². The van der Waals surface area contributed by atoms with E-state index < -0.39 is 0 Å². The first-order valence-electron chi connectivity index (χ1n) is 11.6. The van der Waals surface area contributed by atoms with Crippen LogP contribution in [-0.4, -0.2) is 31.0 Å². The van der Waals surface area contributed by atoms with E-state index in [9.17, 15) is 9.59 Å². The van der Waals surface area contributed by atoms with Crippen molar-refractivity contribution in [2.75, 3.05) is 24.9 Å². The van der Waals surface area contributed by atoms with Gasteiger partial charge in [0, 0.05) is 28.9 Å². The summed E-state index contributed by atoms with van der Waals surface area (Å²) in [5.74, 6) is 1.08. The van der Waals surface area contributed by atoms with Crippen LogP contribution in [0.5, 0.6) is 11.5 Å². The van der Waals surface area contributed by atoms with Crippen molar-refractivity contribution in [3.8, 4) is 11.5 Å². The molecule has 2 heterocycles. The number of pyridine rings is 1. The predicted octanol–water partition coefficient (Wildman–Crippen LogP) is 5.82. The SMILES string of the molecule is COc1ccc(OC)c(NC(=O)c2c(NC(=O)c3ccncc3)sc3c2CCC(C(C)(C)C)C3)c1. The summed E-state index contributed by atoms with van der Waals surface area (Å²) in [6.07, 6.45) is 5.82. The molecule has 1 aromatic carbocycles. The molecular formula is C27H31N3O4S. The van der Waals surface area contributed by atoms with Gasteiger partial charge in [0.05, 0.1) is 25.5 Å². The Bertz CT molecular complexity index is 1230. The van der Waals surface area contributed by atoms with Gasteiger partial charge in [0.2, 0.25) is 0 Å². The van der Waals surface area contributed by atoms with Crippen molar-refractivity contribution in [2.24, 2.45) is 11.3 Å². The van der Waals surface area contributed by atoms with Gasteiger partial charge in [-0.1, -0.05) is 20.8 Å². The third-order valence-electron chi connectivity index (χ3n) is 6.54. The highest BCUT2D eigenvalue weighted by molar-refractivity contribution is 7.17. The third-order valence-corrected chi connectivity index (χ3v) is 7.71. The Hall–Kier alpha value is -3.39. The van der Waals surface area contributed by atoms with Gasteiger partial charge in [-0.15, -0.1) is 11.3 Å². The van der Waals surface area contributed by atoms with E-state index in [2.05, 4.69) is 36.4 Å². The van der Waals surface area contributed by atoms with Gasteiger partial charge in [-0.25, -0.2) is 0 Å². The zero-order valence-electron chi connectivity index (χ0n) is 20.7. The zero-order valence-corrected chi connectivity index (χ0v) is 21.5. The van der Waals surface area contributed by atoms with Gasteiger partial charge in [0.25, 0.3) is 11.8 Å². The van der Waals surface area contributed by atoms with Crippen molar-refractivity contribution < 1.29 is 19.1 Å². The minimum atomic E-state index is -0.284. The van der Waals surface area contributed by atoms with Crippen LogP contribution in [0.4, 0.5) is 10.7 Å². The van der Waals surface area contributed by atoms with Gasteiger partial charge >= 0.3 is 0 Å². The molecule has 2 N–H and O–H groups in total. The maximum atomic E-state index is 13.7. The van der Waals surface area contributed by atoms with Crippen molar-refractivity contribution in [3.63, 3.8) is 0 Å². The molecule has 0 saturated heterocycles. The Morgan fingerprint density at radius 2 is 1.77 bits per heavy atom. The number of nitrogens with one attached hydrogen (secondary N) is 2. The van der Waals surface area contributed by atoms with E-state index in [1.807, 2.05) is 0 Å². The summed E-state index contributed by atoms with van der Waals surface area (Å²) < 4.78 is 10.8. The largest absolute Gasteiger partial charge is 0.497 e. The molecule has 3 aromatic rings. The summed E-state index contributed by atoms with van der Waals surface area (Å²) in [4.78, 5) is 31.8. The number of fused-ring (bicyclic) bond motifs is 1. The second-order valence-corrected chi connectivity index (χ2v) is 10.8. The van der Waals surface area contributed by atoms with Gasteiger partial charge in [-0.3, -0.25) is 14.6 Å². The number of aromatic nitrogens is 1. The number of ether oxygens (including phenoxy) is 2. The minimum absolute atomic E-state index is 0.165. The lowest BCUT2D eigenvalue weighted by atomic mass is 9.72. The lowest BCUT2D eigenvalue weighted by molar-refractivity contribution is 0.102. The fourth-order valence-corrected chi connectivity index (χ4v) is 5.75. The number of carbonyl (C=O) groups excluding carboxylic acids is 2. The molecule has 0 radical (unpaired) electrons. The van der Waals surface area contributed by atoms with Crippen molar-refractivity contribution in [2.45, 2.75) is 40.0 Å². The van der Waals surface area contributed by atoms with Crippen LogP contribution in [0, 0.1) is 11.3 Å². The third kappa shape index (κ3) is 5.32. The highest BCUT2D eigenvalue weighted by atomic mass is 32.1. The van der Waals surface area contributed by atoms with Crippen molar-refractivity contribution >= 4 is 33.8 Å². The van der Waals surface area contributed by atoms with Crippen molar-refractivity contribution in [1.82, 2.24) is 4.98 Å². The molecular weight excluding hydrogens is 462 g/mol. The van der Waals surface area contributed by atoms with Crippen molar-refractivity contribution in [3.05, 3.63) is 64.3 Å². The highest BCUT2D eigenvalue weighted by Crippen LogP contribution is 2.45. The standard InChI is InChI=1S/C27H31N3O4S/c1-27(2,3)17-6-8-19-22(14-17)35-26(30-24(31)16-10-12-28-13-11-16)23(19)25(32)29-20-15-18(33-4)7-9-21(20)34-5/h7,9-13,15,17H,6,8,14H2,1-5H3,(H,29,32)(H,30,31). The molecule has 7 nitrogen and oxygen atoms in total. The number of hydrogen-bond donors (Lipinski definition) is 2. The molecule has 0 fully saturated rings. The van der Waals surface area contributed by atoms with Gasteiger partial charge in [0.15, 0.2) is 0 Å². The zero-order chi connectivity index (χ0) is 25.2. The number of hydrogen-bond acceptors (Lipinski definition) is 6. The number of methoxy groups -OCH3 is 2. The minimum Gasteiger partial charge on any atom is -0.497 e. The normalized spacial score (nSPS) is 15.2. The van der Waals surface area contributed by atoms with Crippen LogP contribution in [0.15, 0.2) is 42.7 Å². The maximum absolute atomic E-state index is 13.7. The lowest BCUT2D eigenvalue weighted by Gasteiger charge is -2.33. The molecule has 2 amide bonds. The second kappa shape index (κ2) is 10.1. The molecule has 0 saturated carbocycles. The molecule has 1 aliphatic carbocycles. The number of rotatable bonds is 6. The van der Waals surface area contributed by atoms with Crippen LogP contribution >= 0.6 is 11.3 Å². The topological polar surface area (TPSA) is 89.5 Å². The van der Waals surface area contributed by atoms with E-state index in [1.54, 1.807) is 56.9 Å². The maximum Gasteiger partial charge on any atom is 0.259 e. The summed E-state index contributed by atoms with van der Waals surface area (Å²) in [6.45, 7) is 6.77. The van der Waals surface area contributed by atoms with E-state index in [0.717, 1.165) is 29.7 Å². The van der Waals surface area contributed by atoms with Gasteiger partial charge < -0.3 is 20.1 Å². The quantitative estimate of drug-likeness (QED) is 0.452. The van der Waals surface area contributed by atoms with Gasteiger partial charge in [-0.2, -0.15) is 0 Å². The Labute approximate surface area is 209 Å². The fraction of sp³-hybridized carbons (Fsp3) is 0.370. The summed E-state index contributed by atoms with van der Waals surface area (Å²) >= 11 is 1.50. The monoisotopic (exact) mass is 493 g/mol. The predicted molar refractivity (Wildman–Crippen MR) is 139 cm³/mol. The molecule has 0 aliphatic heterocycles. The Balaban J connectivity index is 1.71. The molecule has 4 rings (SSSR count). The molecule has 8 heteroatoms. The van der Waals surface area contributed by atoms with E-state index >= 15 is 0 Å². The Morgan fingerprint density at radius 3 is 2.43 bits per heavy atom. The smallest absolute Gasteiger partial charge is 0.259 e. The average Bonchev–Trinajstić information content (AvgIpc) is 3.21. The second-order valence-electron chi connectivity index (χ2n) is 9.72. The first kappa shape index (κ1) is 24.7. The molecule has 0 spiro atoms. The first-order chi connectivity index (χ1) is 16.7. The molecule has 1 unspecified atom stereocenters. The number of nitrogens with zero attached hydrogens (tertiary/aromatic N) is 1. The first-order valence-corrected chi connectivity index (χ1v) is 12.4. The summed E-state index contributed by atoms with van der Waals surface area (Å²) in [5, 5.41) is 6.54. The molecule has 184 valence electrons. The number of benzene rings is 1.